The van der Waals surface area contributed by atoms with Crippen LogP contribution in [0.3, 0.4) is 0 Å². The molecule has 4 rings (SSSR count). The molecule has 0 atom stereocenters. The van der Waals surface area contributed by atoms with Crippen molar-refractivity contribution in [2.24, 2.45) is 0 Å². The summed E-state index contributed by atoms with van der Waals surface area (Å²) in [5, 5.41) is 13.0. The Kier molecular flexibility index (Phi) is 6.99. The van der Waals surface area contributed by atoms with Gasteiger partial charge in [0, 0.05) is 10.9 Å². The third kappa shape index (κ3) is 4.54. The van der Waals surface area contributed by atoms with Gasteiger partial charge in [0.25, 0.3) is 5.91 Å². The summed E-state index contributed by atoms with van der Waals surface area (Å²) in [5.41, 5.74) is -2.34. The zero-order valence-electron chi connectivity index (χ0n) is 15.8. The fraction of sp³-hybridized carbons (Fsp3) is 0.0455. The Hall–Kier alpha value is -2.72. The number of carboxylic acids is 1. The van der Waals surface area contributed by atoms with E-state index in [1.54, 1.807) is 12.1 Å². The van der Waals surface area contributed by atoms with Gasteiger partial charge in [0.1, 0.15) is 11.5 Å². The van der Waals surface area contributed by atoms with E-state index in [-0.39, 0.29) is 57.3 Å². The molecule has 0 saturated heterocycles. The van der Waals surface area contributed by atoms with Crippen molar-refractivity contribution in [3.8, 4) is 11.3 Å². The molecule has 0 aliphatic rings. The third-order valence-electron chi connectivity index (χ3n) is 4.78. The number of para-hydroxylation sites is 1. The van der Waals surface area contributed by atoms with Gasteiger partial charge in [0.05, 0.1) is 27.2 Å². The third-order valence-corrected chi connectivity index (χ3v) is 5.10. The number of hydrogen-bond donors (Lipinski definition) is 1. The van der Waals surface area contributed by atoms with Crippen LogP contribution in [0.5, 0.6) is 0 Å². The normalized spacial score (nSPS) is 11.3. The van der Waals surface area contributed by atoms with Crippen LogP contribution in [0, 0.1) is 5.82 Å². The number of hydrogen-bond acceptors (Lipinski definition) is 3. The number of nitrogens with zero attached hydrogens (tertiary/aromatic N) is 2. The van der Waals surface area contributed by atoms with E-state index in [9.17, 15) is 27.2 Å². The summed E-state index contributed by atoms with van der Waals surface area (Å²) in [7, 11) is 0. The molecule has 0 saturated carbocycles. The van der Waals surface area contributed by atoms with Crippen molar-refractivity contribution in [1.82, 2.24) is 9.78 Å². The molecule has 0 fully saturated rings. The number of carboxylic acid groups (broad SMARTS) is 1. The number of rotatable bonds is 3. The number of alkyl halides is 3. The summed E-state index contributed by atoms with van der Waals surface area (Å²) in [6.45, 7) is 0. The first-order valence-electron chi connectivity index (χ1n) is 9.01. The Balaban J connectivity index is 0.00000306. The van der Waals surface area contributed by atoms with E-state index < -0.39 is 40.0 Å². The molecular weight excluding hydrogens is 475 g/mol. The van der Waals surface area contributed by atoms with E-state index in [1.807, 2.05) is 0 Å². The van der Waals surface area contributed by atoms with Crippen LogP contribution in [0.15, 0.2) is 60.7 Å². The number of aromatic nitrogens is 2. The average Bonchev–Trinajstić information content (AvgIpc) is 3.12. The van der Waals surface area contributed by atoms with Gasteiger partial charge in [-0.05, 0) is 36.4 Å². The van der Waals surface area contributed by atoms with E-state index in [1.165, 1.54) is 18.2 Å². The number of carbonyl (C=O) groups is 2. The van der Waals surface area contributed by atoms with Gasteiger partial charge in [0.15, 0.2) is 0 Å². The Morgan fingerprint density at radius 3 is 2.33 bits per heavy atom. The van der Waals surface area contributed by atoms with Gasteiger partial charge < -0.3 is 5.11 Å². The van der Waals surface area contributed by atoms with Gasteiger partial charge in [0.2, 0.25) is 0 Å². The quantitative estimate of drug-likeness (QED) is 0.317. The molecule has 11 heteroatoms. The summed E-state index contributed by atoms with van der Waals surface area (Å²) in [5.74, 6) is -3.39. The summed E-state index contributed by atoms with van der Waals surface area (Å²) in [4.78, 5) is 24.2. The van der Waals surface area contributed by atoms with E-state index in [0.717, 1.165) is 35.0 Å². The van der Waals surface area contributed by atoms with Crippen molar-refractivity contribution in [2.75, 3.05) is 0 Å². The fourth-order valence-corrected chi connectivity index (χ4v) is 3.60. The molecule has 0 aliphatic heterocycles. The van der Waals surface area contributed by atoms with Gasteiger partial charge in [-0.3, -0.25) is 4.79 Å². The molecule has 0 amide bonds. The van der Waals surface area contributed by atoms with Gasteiger partial charge >= 0.3 is 41.7 Å². The first-order valence-corrected chi connectivity index (χ1v) is 9.38. The van der Waals surface area contributed by atoms with E-state index in [0.29, 0.717) is 0 Å². The minimum atomic E-state index is -4.85. The van der Waals surface area contributed by atoms with Crippen LogP contribution < -0.4 is 0 Å². The van der Waals surface area contributed by atoms with Crippen LogP contribution >= 0.6 is 11.6 Å². The molecule has 0 aliphatic carbocycles. The topological polar surface area (TPSA) is 72.2 Å². The zero-order chi connectivity index (χ0) is 23.2. The van der Waals surface area contributed by atoms with Crippen molar-refractivity contribution in [2.45, 2.75) is 6.18 Å². The first kappa shape index (κ1) is 24.9. The standard InChI is InChI=1S/C22H11ClF4N2O3.Na.H/c23-15-6-3-5-14(22(25,26)27)18(15)20(30)29-17-7-2-1-4-13(17)19(28-29)12-9-8-11(21(31)32)10-16(12)24;;/h1-10H,(H,31,32);;. The SMILES string of the molecule is O=C(O)c1ccc(-c2nn(C(=O)c3c(Cl)cccc3C(F)(F)F)c3ccccc23)c(F)c1.[NaH]. The van der Waals surface area contributed by atoms with Gasteiger partial charge in [-0.2, -0.15) is 23.0 Å². The number of carbonyl (C=O) groups excluding carboxylic acids is 1. The van der Waals surface area contributed by atoms with Crippen molar-refractivity contribution >= 4 is 63.9 Å². The number of fused-ring (bicyclic) bond motifs is 1. The Labute approximate surface area is 210 Å². The predicted octanol–water partition coefficient (Wildman–Crippen LogP) is 5.25. The van der Waals surface area contributed by atoms with Crippen LogP contribution in [0.2, 0.25) is 5.02 Å². The van der Waals surface area contributed by atoms with Crippen LogP contribution in [0.4, 0.5) is 17.6 Å². The first-order chi connectivity index (χ1) is 15.1. The second-order valence-corrected chi connectivity index (χ2v) is 7.15. The summed E-state index contributed by atoms with van der Waals surface area (Å²) in [6.07, 6.45) is -4.85. The maximum atomic E-state index is 14.7. The second-order valence-electron chi connectivity index (χ2n) is 6.74. The predicted molar refractivity (Wildman–Crippen MR) is 115 cm³/mol. The zero-order valence-corrected chi connectivity index (χ0v) is 16.6. The van der Waals surface area contributed by atoms with Crippen molar-refractivity contribution < 1.29 is 32.3 Å². The van der Waals surface area contributed by atoms with Crippen molar-refractivity contribution in [3.63, 3.8) is 0 Å². The fourth-order valence-electron chi connectivity index (χ4n) is 3.34. The van der Waals surface area contributed by atoms with Crippen LogP contribution in [0.1, 0.15) is 26.3 Å². The number of halogens is 5. The minimum absolute atomic E-state index is 0. The monoisotopic (exact) mass is 486 g/mol. The summed E-state index contributed by atoms with van der Waals surface area (Å²) in [6, 6.07) is 12.2. The number of benzene rings is 3. The average molecular weight is 487 g/mol. The Morgan fingerprint density at radius 1 is 1.00 bits per heavy atom. The maximum absolute atomic E-state index is 14.7. The molecule has 5 nitrogen and oxygen atoms in total. The molecule has 33 heavy (non-hydrogen) atoms. The molecule has 0 unspecified atom stereocenters. The van der Waals surface area contributed by atoms with Crippen molar-refractivity contribution in [3.05, 3.63) is 88.2 Å². The molecular formula is C22H12ClF4N2NaO3. The van der Waals surface area contributed by atoms with Crippen LogP contribution in [-0.2, 0) is 6.18 Å². The summed E-state index contributed by atoms with van der Waals surface area (Å²) < 4.78 is 55.9. The molecule has 0 spiro atoms. The van der Waals surface area contributed by atoms with Gasteiger partial charge in [-0.1, -0.05) is 35.9 Å². The molecule has 1 heterocycles. The molecule has 1 aromatic heterocycles. The Bertz CT molecular complexity index is 1400. The molecule has 4 aromatic rings. The molecule has 164 valence electrons. The van der Waals surface area contributed by atoms with Crippen molar-refractivity contribution in [1.29, 1.82) is 0 Å². The number of aromatic carboxylic acids is 1. The Morgan fingerprint density at radius 2 is 1.70 bits per heavy atom. The van der Waals surface area contributed by atoms with Crippen LogP contribution in [0.25, 0.3) is 22.2 Å². The molecule has 0 radical (unpaired) electrons. The van der Waals surface area contributed by atoms with E-state index >= 15 is 0 Å². The molecule has 3 aromatic carbocycles. The molecule has 1 N–H and O–H groups in total. The van der Waals surface area contributed by atoms with E-state index in [2.05, 4.69) is 5.10 Å². The van der Waals surface area contributed by atoms with E-state index in [4.69, 9.17) is 16.7 Å². The van der Waals surface area contributed by atoms with Gasteiger partial charge in [-0.25, -0.2) is 9.18 Å². The van der Waals surface area contributed by atoms with Crippen LogP contribution in [-0.4, -0.2) is 56.3 Å². The second kappa shape index (κ2) is 9.26. The summed E-state index contributed by atoms with van der Waals surface area (Å²) >= 11 is 5.95. The van der Waals surface area contributed by atoms with Gasteiger partial charge in [-0.15, -0.1) is 0 Å². The molecule has 0 bridgehead atoms.